The largest absolute Gasteiger partial charge is 0.350 e. The number of carbonyl (C=O) groups is 3. The summed E-state index contributed by atoms with van der Waals surface area (Å²) < 4.78 is 1.69. The van der Waals surface area contributed by atoms with E-state index in [1.807, 2.05) is 37.2 Å². The molecule has 148 valence electrons. The second-order valence-corrected chi connectivity index (χ2v) is 7.97. The Balaban J connectivity index is 1.47. The van der Waals surface area contributed by atoms with Gasteiger partial charge in [-0.2, -0.15) is 5.10 Å². The van der Waals surface area contributed by atoms with Gasteiger partial charge < -0.3 is 15.5 Å². The van der Waals surface area contributed by atoms with Gasteiger partial charge in [-0.3, -0.25) is 19.1 Å². The average molecular weight is 383 g/mol. The number of benzene rings is 1. The minimum atomic E-state index is -0.455. The number of nitrogens with zero attached hydrogens (tertiary/aromatic N) is 3. The number of carbonyl (C=O) groups excluding carboxylic acids is 3. The highest BCUT2D eigenvalue weighted by Crippen LogP contribution is 2.30. The summed E-state index contributed by atoms with van der Waals surface area (Å²) in [7, 11) is 1.83. The van der Waals surface area contributed by atoms with Crippen molar-refractivity contribution in [2.75, 3.05) is 13.1 Å². The van der Waals surface area contributed by atoms with Gasteiger partial charge in [-0.1, -0.05) is 6.07 Å². The first kappa shape index (κ1) is 18.5. The van der Waals surface area contributed by atoms with Crippen molar-refractivity contribution < 1.29 is 14.4 Å². The van der Waals surface area contributed by atoms with Crippen LogP contribution in [-0.2, 0) is 16.6 Å². The number of aromatic nitrogens is 2. The first-order chi connectivity index (χ1) is 13.4. The Morgan fingerprint density at radius 1 is 1.39 bits per heavy atom. The van der Waals surface area contributed by atoms with Crippen LogP contribution in [0.5, 0.6) is 0 Å². The molecule has 0 aliphatic carbocycles. The van der Waals surface area contributed by atoms with Crippen LogP contribution < -0.4 is 10.6 Å². The van der Waals surface area contributed by atoms with Crippen LogP contribution in [-0.4, -0.2) is 57.1 Å². The van der Waals surface area contributed by atoms with Crippen LogP contribution in [0.25, 0.3) is 10.9 Å². The maximum absolute atomic E-state index is 12.9. The molecule has 3 amide bonds. The highest BCUT2D eigenvalue weighted by Gasteiger charge is 2.43. The molecule has 0 saturated carbocycles. The van der Waals surface area contributed by atoms with Crippen molar-refractivity contribution in [1.29, 1.82) is 0 Å². The Hall–Kier alpha value is -2.90. The molecule has 1 aromatic carbocycles. The van der Waals surface area contributed by atoms with Crippen LogP contribution in [0.4, 0.5) is 0 Å². The lowest BCUT2D eigenvalue weighted by Gasteiger charge is -2.37. The van der Waals surface area contributed by atoms with E-state index in [1.165, 1.54) is 0 Å². The van der Waals surface area contributed by atoms with Crippen molar-refractivity contribution in [1.82, 2.24) is 25.3 Å². The fraction of sp³-hybridized carbons (Fsp3) is 0.500. The van der Waals surface area contributed by atoms with Gasteiger partial charge in [0.1, 0.15) is 6.04 Å². The molecule has 2 aliphatic rings. The summed E-state index contributed by atoms with van der Waals surface area (Å²) in [6.07, 6.45) is 4.47. The zero-order valence-electron chi connectivity index (χ0n) is 16.2. The van der Waals surface area contributed by atoms with Gasteiger partial charge >= 0.3 is 0 Å². The molecule has 4 rings (SSSR count). The highest BCUT2D eigenvalue weighted by molar-refractivity contribution is 6.06. The summed E-state index contributed by atoms with van der Waals surface area (Å²) in [5.41, 5.74) is 0.896. The van der Waals surface area contributed by atoms with Gasteiger partial charge in [-0.25, -0.2) is 0 Å². The number of aryl methyl sites for hydroxylation is 1. The third-order valence-corrected chi connectivity index (χ3v) is 5.85. The van der Waals surface area contributed by atoms with E-state index in [0.29, 0.717) is 31.5 Å². The Labute approximate surface area is 163 Å². The van der Waals surface area contributed by atoms with Crippen molar-refractivity contribution >= 4 is 28.6 Å². The second-order valence-electron chi connectivity index (χ2n) is 7.97. The van der Waals surface area contributed by atoms with Gasteiger partial charge in [0, 0.05) is 38.1 Å². The van der Waals surface area contributed by atoms with Crippen LogP contribution in [0.2, 0.25) is 0 Å². The molecule has 8 nitrogen and oxygen atoms in total. The predicted molar refractivity (Wildman–Crippen MR) is 104 cm³/mol. The number of amides is 3. The van der Waals surface area contributed by atoms with Crippen LogP contribution >= 0.6 is 0 Å². The zero-order valence-corrected chi connectivity index (χ0v) is 16.2. The minimum absolute atomic E-state index is 0.0468. The first-order valence-electron chi connectivity index (χ1n) is 9.69. The summed E-state index contributed by atoms with van der Waals surface area (Å²) >= 11 is 0. The fourth-order valence-corrected chi connectivity index (χ4v) is 4.30. The second kappa shape index (κ2) is 6.92. The molecule has 3 heterocycles. The van der Waals surface area contributed by atoms with E-state index in [4.69, 9.17) is 0 Å². The van der Waals surface area contributed by atoms with E-state index in [9.17, 15) is 14.4 Å². The fourth-order valence-electron chi connectivity index (χ4n) is 4.30. The van der Waals surface area contributed by atoms with Gasteiger partial charge in [0.2, 0.25) is 11.8 Å². The Morgan fingerprint density at radius 2 is 2.21 bits per heavy atom. The number of hydrogen-bond acceptors (Lipinski definition) is 4. The van der Waals surface area contributed by atoms with E-state index < -0.39 is 11.6 Å². The lowest BCUT2D eigenvalue weighted by Crippen LogP contribution is -2.56. The zero-order chi connectivity index (χ0) is 19.9. The molecule has 1 aromatic heterocycles. The molecule has 0 bridgehead atoms. The quantitative estimate of drug-likeness (QED) is 0.822. The van der Waals surface area contributed by atoms with Crippen LogP contribution in [0.3, 0.4) is 0 Å². The van der Waals surface area contributed by atoms with Gasteiger partial charge in [-0.15, -0.1) is 0 Å². The first-order valence-corrected chi connectivity index (χ1v) is 9.69. The molecule has 2 N–H and O–H groups in total. The molecule has 0 spiro atoms. The van der Waals surface area contributed by atoms with Crippen molar-refractivity contribution in [3.8, 4) is 0 Å². The molecule has 8 heteroatoms. The Bertz CT molecular complexity index is 952. The molecule has 2 saturated heterocycles. The summed E-state index contributed by atoms with van der Waals surface area (Å²) in [5, 5.41) is 10.9. The number of rotatable bonds is 4. The lowest BCUT2D eigenvalue weighted by molar-refractivity contribution is -0.137. The molecule has 0 unspecified atom stereocenters. The SMILES string of the molecule is Cn1cc2c(C(=O)NC[C@@]3(C)CCCN3C(=O)[C@H]3CCC(=O)N3)cccc2n1. The predicted octanol–water partition coefficient (Wildman–Crippen LogP) is 0.963. The number of fused-ring (bicyclic) bond motifs is 1. The van der Waals surface area contributed by atoms with Crippen molar-refractivity contribution in [2.24, 2.45) is 7.05 Å². The summed E-state index contributed by atoms with van der Waals surface area (Å²) in [4.78, 5) is 39.0. The van der Waals surface area contributed by atoms with Gasteiger partial charge in [0.25, 0.3) is 5.91 Å². The summed E-state index contributed by atoms with van der Waals surface area (Å²) in [5.74, 6) is -0.292. The topological polar surface area (TPSA) is 96.3 Å². The summed E-state index contributed by atoms with van der Waals surface area (Å²) in [6, 6.07) is 5.04. The van der Waals surface area contributed by atoms with Crippen LogP contribution in [0.15, 0.2) is 24.4 Å². The normalized spacial score (nSPS) is 24.6. The van der Waals surface area contributed by atoms with Crippen molar-refractivity contribution in [3.05, 3.63) is 30.0 Å². The highest BCUT2D eigenvalue weighted by atomic mass is 16.2. The maximum Gasteiger partial charge on any atom is 0.252 e. The smallest absolute Gasteiger partial charge is 0.252 e. The molecule has 2 aromatic rings. The molecule has 28 heavy (non-hydrogen) atoms. The molecule has 2 fully saturated rings. The average Bonchev–Trinajstić information content (AvgIpc) is 3.36. The standard InChI is InChI=1S/C20H25N5O3/c1-20(9-4-10-25(20)19(28)16-7-8-17(26)22-16)12-21-18(27)13-5-3-6-15-14(13)11-24(2)23-15/h3,5-6,11,16H,4,7-10,12H2,1-2H3,(H,21,27)(H,22,26)/t16-,20-/m1/s1. The number of hydrogen-bond donors (Lipinski definition) is 2. The minimum Gasteiger partial charge on any atom is -0.350 e. The van der Waals surface area contributed by atoms with E-state index >= 15 is 0 Å². The maximum atomic E-state index is 12.9. The number of nitrogens with one attached hydrogen (secondary N) is 2. The molecule has 0 radical (unpaired) electrons. The van der Waals surface area contributed by atoms with E-state index in [0.717, 1.165) is 23.7 Å². The van der Waals surface area contributed by atoms with Crippen LogP contribution in [0, 0.1) is 0 Å². The molecular formula is C20H25N5O3. The number of likely N-dealkylation sites (tertiary alicyclic amines) is 1. The van der Waals surface area contributed by atoms with Crippen LogP contribution in [0.1, 0.15) is 43.0 Å². The van der Waals surface area contributed by atoms with E-state index in [-0.39, 0.29) is 17.7 Å². The monoisotopic (exact) mass is 383 g/mol. The third-order valence-electron chi connectivity index (χ3n) is 5.85. The van der Waals surface area contributed by atoms with E-state index in [2.05, 4.69) is 15.7 Å². The van der Waals surface area contributed by atoms with Gasteiger partial charge in [0.05, 0.1) is 16.6 Å². The van der Waals surface area contributed by atoms with Crippen molar-refractivity contribution in [2.45, 2.75) is 44.2 Å². The summed E-state index contributed by atoms with van der Waals surface area (Å²) in [6.45, 7) is 3.02. The molecular weight excluding hydrogens is 358 g/mol. The molecule has 2 atom stereocenters. The van der Waals surface area contributed by atoms with Gasteiger partial charge in [0.15, 0.2) is 0 Å². The Kier molecular flexibility index (Phi) is 4.56. The third kappa shape index (κ3) is 3.23. The molecule has 2 aliphatic heterocycles. The Morgan fingerprint density at radius 3 is 2.96 bits per heavy atom. The lowest BCUT2D eigenvalue weighted by atomic mass is 9.97. The van der Waals surface area contributed by atoms with Gasteiger partial charge in [-0.05, 0) is 38.3 Å². The van der Waals surface area contributed by atoms with Crippen molar-refractivity contribution in [3.63, 3.8) is 0 Å². The van der Waals surface area contributed by atoms with E-state index in [1.54, 1.807) is 10.7 Å².